The molecule has 1 aromatic carbocycles. The highest BCUT2D eigenvalue weighted by Gasteiger charge is 2.30. The number of nitrogens with zero attached hydrogens (tertiary/aromatic N) is 1. The molecule has 1 aliphatic carbocycles. The van der Waals surface area contributed by atoms with Gasteiger partial charge in [0, 0.05) is 12.6 Å². The Labute approximate surface area is 108 Å². The number of likely N-dealkylation sites (N-methyl/N-ethyl adjacent to an activating group) is 1. The van der Waals surface area contributed by atoms with Crippen molar-refractivity contribution in [3.63, 3.8) is 0 Å². The molecular weight excluding hydrogens is 228 g/mol. The van der Waals surface area contributed by atoms with Crippen molar-refractivity contribution in [3.8, 4) is 5.75 Å². The van der Waals surface area contributed by atoms with Gasteiger partial charge in [0.2, 0.25) is 5.91 Å². The molecule has 1 saturated carbocycles. The molecule has 18 heavy (non-hydrogen) atoms. The molecule has 2 rings (SSSR count). The number of anilines is 1. The van der Waals surface area contributed by atoms with Crippen molar-refractivity contribution in [2.75, 3.05) is 25.5 Å². The normalized spacial score (nSPS) is 14.1. The summed E-state index contributed by atoms with van der Waals surface area (Å²) in [6.45, 7) is 3.14. The Morgan fingerprint density at radius 1 is 1.44 bits per heavy atom. The number of rotatable bonds is 6. The second-order valence-corrected chi connectivity index (χ2v) is 4.46. The van der Waals surface area contributed by atoms with Crippen LogP contribution in [0.3, 0.4) is 0 Å². The van der Waals surface area contributed by atoms with E-state index in [9.17, 15) is 4.79 Å². The summed E-state index contributed by atoms with van der Waals surface area (Å²) in [7, 11) is 1.63. The van der Waals surface area contributed by atoms with E-state index in [0.29, 0.717) is 12.6 Å². The SMILES string of the molecule is CCN(C(=O)CNc1ccccc1OC)C1CC1. The van der Waals surface area contributed by atoms with Crippen LogP contribution in [0.15, 0.2) is 24.3 Å². The van der Waals surface area contributed by atoms with Gasteiger partial charge in [-0.15, -0.1) is 0 Å². The van der Waals surface area contributed by atoms with Gasteiger partial charge in [-0.1, -0.05) is 12.1 Å². The van der Waals surface area contributed by atoms with Crippen molar-refractivity contribution < 1.29 is 9.53 Å². The predicted molar refractivity (Wildman–Crippen MR) is 71.9 cm³/mol. The lowest BCUT2D eigenvalue weighted by Crippen LogP contribution is -2.37. The minimum Gasteiger partial charge on any atom is -0.495 e. The lowest BCUT2D eigenvalue weighted by molar-refractivity contribution is -0.129. The number of hydrogen-bond acceptors (Lipinski definition) is 3. The molecule has 1 N–H and O–H groups in total. The molecule has 1 amide bonds. The molecule has 1 fully saturated rings. The molecule has 0 spiro atoms. The van der Waals surface area contributed by atoms with Crippen molar-refractivity contribution in [2.45, 2.75) is 25.8 Å². The Kier molecular flexibility index (Phi) is 4.07. The third kappa shape index (κ3) is 2.94. The standard InChI is InChI=1S/C14H20N2O2/c1-3-16(11-8-9-11)14(17)10-15-12-6-4-5-7-13(12)18-2/h4-7,11,15H,3,8-10H2,1-2H3. The van der Waals surface area contributed by atoms with Crippen LogP contribution in [0.4, 0.5) is 5.69 Å². The van der Waals surface area contributed by atoms with Gasteiger partial charge in [0.15, 0.2) is 0 Å². The summed E-state index contributed by atoms with van der Waals surface area (Å²) in [6, 6.07) is 8.11. The molecule has 0 bridgehead atoms. The first-order valence-corrected chi connectivity index (χ1v) is 6.42. The van der Waals surface area contributed by atoms with Crippen molar-refractivity contribution in [2.24, 2.45) is 0 Å². The molecule has 0 aliphatic heterocycles. The zero-order valence-corrected chi connectivity index (χ0v) is 11.0. The molecular formula is C14H20N2O2. The third-order valence-electron chi connectivity index (χ3n) is 3.19. The predicted octanol–water partition coefficient (Wildman–Crippen LogP) is 2.12. The Bertz CT molecular complexity index is 416. The van der Waals surface area contributed by atoms with Gasteiger partial charge in [0.1, 0.15) is 5.75 Å². The summed E-state index contributed by atoms with van der Waals surface area (Å²) in [5.74, 6) is 0.922. The van der Waals surface area contributed by atoms with E-state index in [4.69, 9.17) is 4.74 Å². The van der Waals surface area contributed by atoms with E-state index in [-0.39, 0.29) is 5.91 Å². The van der Waals surface area contributed by atoms with Crippen LogP contribution in [0.5, 0.6) is 5.75 Å². The number of carbonyl (C=O) groups is 1. The van der Waals surface area contributed by atoms with E-state index in [1.165, 1.54) is 0 Å². The molecule has 0 heterocycles. The molecule has 0 saturated heterocycles. The number of benzene rings is 1. The summed E-state index contributed by atoms with van der Waals surface area (Å²) in [5, 5.41) is 3.15. The lowest BCUT2D eigenvalue weighted by atomic mass is 10.3. The molecule has 4 nitrogen and oxygen atoms in total. The van der Waals surface area contributed by atoms with E-state index in [0.717, 1.165) is 30.8 Å². The second kappa shape index (κ2) is 5.76. The van der Waals surface area contributed by atoms with Crippen LogP contribution in [-0.2, 0) is 4.79 Å². The van der Waals surface area contributed by atoms with Crippen LogP contribution in [0.25, 0.3) is 0 Å². The first kappa shape index (κ1) is 12.7. The van der Waals surface area contributed by atoms with Crippen LogP contribution in [0.2, 0.25) is 0 Å². The van der Waals surface area contributed by atoms with E-state index in [2.05, 4.69) is 5.32 Å². The lowest BCUT2D eigenvalue weighted by Gasteiger charge is -2.21. The van der Waals surface area contributed by atoms with Crippen LogP contribution in [0, 0.1) is 0 Å². The molecule has 0 unspecified atom stereocenters. The maximum Gasteiger partial charge on any atom is 0.242 e. The highest BCUT2D eigenvalue weighted by Crippen LogP contribution is 2.27. The number of para-hydroxylation sites is 2. The zero-order valence-electron chi connectivity index (χ0n) is 11.0. The van der Waals surface area contributed by atoms with Crippen molar-refractivity contribution in [1.82, 2.24) is 4.90 Å². The van der Waals surface area contributed by atoms with Crippen LogP contribution < -0.4 is 10.1 Å². The van der Waals surface area contributed by atoms with E-state index in [1.54, 1.807) is 7.11 Å². The molecule has 1 aliphatic rings. The minimum absolute atomic E-state index is 0.158. The fourth-order valence-electron chi connectivity index (χ4n) is 2.09. The largest absolute Gasteiger partial charge is 0.495 e. The number of methoxy groups -OCH3 is 1. The Balaban J connectivity index is 1.92. The van der Waals surface area contributed by atoms with Gasteiger partial charge in [-0.2, -0.15) is 0 Å². The van der Waals surface area contributed by atoms with Crippen LogP contribution in [-0.4, -0.2) is 37.0 Å². The molecule has 0 radical (unpaired) electrons. The average molecular weight is 248 g/mol. The first-order valence-electron chi connectivity index (χ1n) is 6.42. The van der Waals surface area contributed by atoms with Gasteiger partial charge >= 0.3 is 0 Å². The molecule has 1 aromatic rings. The molecule has 98 valence electrons. The number of hydrogen-bond donors (Lipinski definition) is 1. The molecule has 0 atom stereocenters. The summed E-state index contributed by atoms with van der Waals surface area (Å²) in [5.41, 5.74) is 0.861. The number of nitrogens with one attached hydrogen (secondary N) is 1. The van der Waals surface area contributed by atoms with Crippen LogP contribution in [0.1, 0.15) is 19.8 Å². The fourth-order valence-corrected chi connectivity index (χ4v) is 2.09. The number of ether oxygens (including phenoxy) is 1. The summed E-state index contributed by atoms with van der Waals surface area (Å²) in [4.78, 5) is 14.0. The minimum atomic E-state index is 0.158. The molecule has 4 heteroatoms. The van der Waals surface area contributed by atoms with Gasteiger partial charge in [-0.3, -0.25) is 4.79 Å². The average Bonchev–Trinajstić information content (AvgIpc) is 3.22. The van der Waals surface area contributed by atoms with E-state index in [1.807, 2.05) is 36.1 Å². The number of carbonyl (C=O) groups excluding carboxylic acids is 1. The van der Waals surface area contributed by atoms with Crippen molar-refractivity contribution in [3.05, 3.63) is 24.3 Å². The Hall–Kier alpha value is -1.71. The van der Waals surface area contributed by atoms with Crippen molar-refractivity contribution >= 4 is 11.6 Å². The summed E-state index contributed by atoms with van der Waals surface area (Å²) < 4.78 is 5.24. The van der Waals surface area contributed by atoms with Gasteiger partial charge < -0.3 is 15.0 Å². The summed E-state index contributed by atoms with van der Waals surface area (Å²) in [6.07, 6.45) is 2.29. The highest BCUT2D eigenvalue weighted by molar-refractivity contribution is 5.82. The highest BCUT2D eigenvalue weighted by atomic mass is 16.5. The van der Waals surface area contributed by atoms with Gasteiger partial charge in [-0.25, -0.2) is 0 Å². The maximum absolute atomic E-state index is 12.1. The fraction of sp³-hybridized carbons (Fsp3) is 0.500. The summed E-state index contributed by atoms with van der Waals surface area (Å²) >= 11 is 0. The Morgan fingerprint density at radius 2 is 2.17 bits per heavy atom. The van der Waals surface area contributed by atoms with E-state index >= 15 is 0 Å². The van der Waals surface area contributed by atoms with Gasteiger partial charge in [0.25, 0.3) is 0 Å². The van der Waals surface area contributed by atoms with Crippen LogP contribution >= 0.6 is 0 Å². The van der Waals surface area contributed by atoms with Crippen molar-refractivity contribution in [1.29, 1.82) is 0 Å². The molecule has 0 aromatic heterocycles. The van der Waals surface area contributed by atoms with Gasteiger partial charge in [-0.05, 0) is 31.9 Å². The number of amides is 1. The monoisotopic (exact) mass is 248 g/mol. The second-order valence-electron chi connectivity index (χ2n) is 4.46. The topological polar surface area (TPSA) is 41.6 Å². The first-order chi connectivity index (χ1) is 8.76. The quantitative estimate of drug-likeness (QED) is 0.838. The smallest absolute Gasteiger partial charge is 0.242 e. The Morgan fingerprint density at radius 3 is 2.78 bits per heavy atom. The van der Waals surface area contributed by atoms with Gasteiger partial charge in [0.05, 0.1) is 19.3 Å². The maximum atomic E-state index is 12.1. The third-order valence-corrected chi connectivity index (χ3v) is 3.19. The zero-order chi connectivity index (χ0) is 13.0. The van der Waals surface area contributed by atoms with E-state index < -0.39 is 0 Å².